The van der Waals surface area contributed by atoms with Crippen molar-refractivity contribution in [3.05, 3.63) is 64.2 Å². The summed E-state index contributed by atoms with van der Waals surface area (Å²) in [5.74, 6) is -0.188. The lowest BCUT2D eigenvalue weighted by Gasteiger charge is -2.19. The van der Waals surface area contributed by atoms with Crippen LogP contribution in [0.4, 0.5) is 10.5 Å². The molecule has 0 saturated carbocycles. The van der Waals surface area contributed by atoms with E-state index in [2.05, 4.69) is 5.32 Å². The van der Waals surface area contributed by atoms with Gasteiger partial charge in [0, 0.05) is 28.4 Å². The van der Waals surface area contributed by atoms with E-state index in [-0.39, 0.29) is 5.78 Å². The molecule has 0 unspecified atom stereocenters. The number of amides is 1. The van der Waals surface area contributed by atoms with Gasteiger partial charge in [0.2, 0.25) is 0 Å². The Hall–Kier alpha value is -2.53. The van der Waals surface area contributed by atoms with E-state index in [1.807, 2.05) is 26.8 Å². The first-order valence-corrected chi connectivity index (χ1v) is 8.69. The second-order valence-electron chi connectivity index (χ2n) is 6.94. The van der Waals surface area contributed by atoms with Gasteiger partial charge in [0.25, 0.3) is 0 Å². The van der Waals surface area contributed by atoms with Crippen LogP contribution < -0.4 is 11.1 Å². The van der Waals surface area contributed by atoms with Crippen LogP contribution in [0.25, 0.3) is 0 Å². The molecule has 0 saturated heterocycles. The maximum absolute atomic E-state index is 12.7. The minimum absolute atomic E-state index is 0.188. The van der Waals surface area contributed by atoms with Gasteiger partial charge in [0.1, 0.15) is 5.60 Å². The van der Waals surface area contributed by atoms with E-state index in [1.54, 1.807) is 36.4 Å². The molecule has 5 nitrogen and oxygen atoms in total. The molecule has 0 aliphatic heterocycles. The van der Waals surface area contributed by atoms with Crippen molar-refractivity contribution < 1.29 is 14.3 Å². The zero-order valence-corrected chi connectivity index (χ0v) is 15.9. The number of alkyl carbamates (subject to hydrolysis) is 1. The van der Waals surface area contributed by atoms with Crippen LogP contribution in [0.15, 0.2) is 42.5 Å². The number of rotatable bonds is 5. The van der Waals surface area contributed by atoms with E-state index in [9.17, 15) is 9.59 Å². The van der Waals surface area contributed by atoms with Crippen LogP contribution >= 0.6 is 11.6 Å². The van der Waals surface area contributed by atoms with Gasteiger partial charge in [-0.25, -0.2) is 4.79 Å². The molecule has 0 fully saturated rings. The summed E-state index contributed by atoms with van der Waals surface area (Å²) in [5.41, 5.74) is 7.56. The number of nitrogen functional groups attached to an aromatic ring is 1. The molecule has 0 aliphatic rings. The number of carbonyl (C=O) groups is 2. The van der Waals surface area contributed by atoms with Crippen molar-refractivity contribution in [1.29, 1.82) is 0 Å². The van der Waals surface area contributed by atoms with Crippen molar-refractivity contribution in [3.8, 4) is 0 Å². The largest absolute Gasteiger partial charge is 0.444 e. The van der Waals surface area contributed by atoms with Crippen LogP contribution in [0.3, 0.4) is 0 Å². The molecule has 0 aromatic heterocycles. The summed E-state index contributed by atoms with van der Waals surface area (Å²) in [6.45, 7) is 5.83. The lowest BCUT2D eigenvalue weighted by molar-refractivity contribution is 0.0528. The Bertz CT molecular complexity index is 813. The minimum atomic E-state index is -0.534. The summed E-state index contributed by atoms with van der Waals surface area (Å²) < 4.78 is 5.19. The normalized spacial score (nSPS) is 11.1. The van der Waals surface area contributed by atoms with Gasteiger partial charge in [-0.1, -0.05) is 29.8 Å². The maximum atomic E-state index is 12.7. The molecule has 138 valence electrons. The van der Waals surface area contributed by atoms with Gasteiger partial charge in [-0.2, -0.15) is 0 Å². The number of ketones is 1. The Morgan fingerprint density at radius 1 is 1.15 bits per heavy atom. The van der Waals surface area contributed by atoms with Crippen LogP contribution in [0, 0.1) is 0 Å². The number of ether oxygens (including phenoxy) is 1. The summed E-state index contributed by atoms with van der Waals surface area (Å²) >= 11 is 5.96. The molecule has 2 rings (SSSR count). The lowest BCUT2D eigenvalue weighted by atomic mass is 9.99. The van der Waals surface area contributed by atoms with Gasteiger partial charge in [0.15, 0.2) is 5.78 Å². The molecule has 2 aromatic rings. The number of nitrogens with one attached hydrogen (secondary N) is 1. The first-order valence-electron chi connectivity index (χ1n) is 8.31. The van der Waals surface area contributed by atoms with E-state index in [0.717, 1.165) is 5.56 Å². The summed E-state index contributed by atoms with van der Waals surface area (Å²) in [6.07, 6.45) is 0.113. The Kier molecular flexibility index (Phi) is 6.27. The fourth-order valence-electron chi connectivity index (χ4n) is 2.37. The zero-order chi connectivity index (χ0) is 19.3. The molecule has 6 heteroatoms. The molecule has 0 aliphatic carbocycles. The van der Waals surface area contributed by atoms with Gasteiger partial charge < -0.3 is 15.8 Å². The van der Waals surface area contributed by atoms with Gasteiger partial charge >= 0.3 is 6.09 Å². The van der Waals surface area contributed by atoms with Crippen LogP contribution in [0.1, 0.15) is 42.3 Å². The SMILES string of the molecule is CC(C)(C)OC(=O)NCCc1cccc(C(=O)c2cc(Cl)ccc2N)c1. The summed E-state index contributed by atoms with van der Waals surface area (Å²) in [7, 11) is 0. The van der Waals surface area contributed by atoms with E-state index in [4.69, 9.17) is 22.1 Å². The van der Waals surface area contributed by atoms with E-state index in [1.165, 1.54) is 0 Å². The second-order valence-corrected chi connectivity index (χ2v) is 7.38. The molecular weight excluding hydrogens is 352 g/mol. The lowest BCUT2D eigenvalue weighted by Crippen LogP contribution is -2.33. The third-order valence-electron chi connectivity index (χ3n) is 3.53. The third-order valence-corrected chi connectivity index (χ3v) is 3.77. The molecule has 26 heavy (non-hydrogen) atoms. The number of halogens is 1. The molecule has 0 radical (unpaired) electrons. The Labute approximate surface area is 158 Å². The van der Waals surface area contributed by atoms with E-state index < -0.39 is 11.7 Å². The highest BCUT2D eigenvalue weighted by Gasteiger charge is 2.16. The van der Waals surface area contributed by atoms with Crippen molar-refractivity contribution in [2.45, 2.75) is 32.8 Å². The fourth-order valence-corrected chi connectivity index (χ4v) is 2.54. The molecule has 0 spiro atoms. The van der Waals surface area contributed by atoms with Crippen LogP contribution in [0.2, 0.25) is 5.02 Å². The maximum Gasteiger partial charge on any atom is 0.407 e. The second kappa shape index (κ2) is 8.23. The van der Waals surface area contributed by atoms with E-state index in [0.29, 0.717) is 34.8 Å². The summed E-state index contributed by atoms with van der Waals surface area (Å²) in [4.78, 5) is 24.3. The van der Waals surface area contributed by atoms with Crippen LogP contribution in [0.5, 0.6) is 0 Å². The highest BCUT2D eigenvalue weighted by atomic mass is 35.5. The Morgan fingerprint density at radius 3 is 2.58 bits per heavy atom. The third kappa shape index (κ3) is 5.77. The van der Waals surface area contributed by atoms with Gasteiger partial charge in [-0.15, -0.1) is 0 Å². The van der Waals surface area contributed by atoms with Crippen molar-refractivity contribution in [1.82, 2.24) is 5.32 Å². The molecule has 0 atom stereocenters. The van der Waals surface area contributed by atoms with Crippen molar-refractivity contribution in [2.75, 3.05) is 12.3 Å². The smallest absolute Gasteiger partial charge is 0.407 e. The van der Waals surface area contributed by atoms with Crippen molar-refractivity contribution >= 4 is 29.2 Å². The minimum Gasteiger partial charge on any atom is -0.444 e. The number of carbonyl (C=O) groups excluding carboxylic acids is 2. The van der Waals surface area contributed by atoms with E-state index >= 15 is 0 Å². The highest BCUT2D eigenvalue weighted by Crippen LogP contribution is 2.21. The number of anilines is 1. The van der Waals surface area contributed by atoms with Crippen molar-refractivity contribution in [3.63, 3.8) is 0 Å². The van der Waals surface area contributed by atoms with Gasteiger partial charge in [-0.05, 0) is 57.0 Å². The molecule has 1 amide bonds. The summed E-state index contributed by atoms with van der Waals surface area (Å²) in [6, 6.07) is 12.0. The molecule has 3 N–H and O–H groups in total. The molecule has 0 heterocycles. The number of nitrogens with two attached hydrogens (primary N) is 1. The Morgan fingerprint density at radius 2 is 1.88 bits per heavy atom. The molecular formula is C20H23ClN2O3. The zero-order valence-electron chi connectivity index (χ0n) is 15.1. The topological polar surface area (TPSA) is 81.4 Å². The van der Waals surface area contributed by atoms with Gasteiger partial charge in [-0.3, -0.25) is 4.79 Å². The number of hydrogen-bond donors (Lipinski definition) is 2. The quantitative estimate of drug-likeness (QED) is 0.606. The first kappa shape index (κ1) is 19.8. The van der Waals surface area contributed by atoms with Crippen molar-refractivity contribution in [2.24, 2.45) is 0 Å². The molecule has 2 aromatic carbocycles. The monoisotopic (exact) mass is 374 g/mol. The summed E-state index contributed by atoms with van der Waals surface area (Å²) in [5, 5.41) is 3.16. The average molecular weight is 375 g/mol. The first-order chi connectivity index (χ1) is 12.2. The average Bonchev–Trinajstić information content (AvgIpc) is 2.55. The number of hydrogen-bond acceptors (Lipinski definition) is 4. The molecule has 0 bridgehead atoms. The standard InChI is InChI=1S/C20H23ClN2O3/c1-20(2,3)26-19(25)23-10-9-13-5-4-6-14(11-13)18(24)16-12-15(21)7-8-17(16)22/h4-8,11-12H,9-10,22H2,1-3H3,(H,23,25). The fraction of sp³-hybridized carbons (Fsp3) is 0.300. The van der Waals surface area contributed by atoms with Gasteiger partial charge in [0.05, 0.1) is 0 Å². The van der Waals surface area contributed by atoms with Crippen LogP contribution in [-0.4, -0.2) is 24.0 Å². The highest BCUT2D eigenvalue weighted by molar-refractivity contribution is 6.31. The Balaban J connectivity index is 2.03. The predicted octanol–water partition coefficient (Wildman–Crippen LogP) is 4.22. The predicted molar refractivity (Wildman–Crippen MR) is 104 cm³/mol. The van der Waals surface area contributed by atoms with Crippen LogP contribution in [-0.2, 0) is 11.2 Å². The number of benzene rings is 2.